The molecule has 0 radical (unpaired) electrons. The monoisotopic (exact) mass is 315 g/mol. The second kappa shape index (κ2) is 7.25. The molecule has 0 saturated carbocycles. The van der Waals surface area contributed by atoms with Crippen molar-refractivity contribution in [1.29, 1.82) is 0 Å². The van der Waals surface area contributed by atoms with Crippen LogP contribution in [0.15, 0.2) is 22.7 Å². The molecule has 0 aromatic heterocycles. The van der Waals surface area contributed by atoms with E-state index >= 15 is 0 Å². The van der Waals surface area contributed by atoms with Crippen LogP contribution in [-0.2, 0) is 6.42 Å². The van der Waals surface area contributed by atoms with Gasteiger partial charge in [-0.3, -0.25) is 0 Å². The van der Waals surface area contributed by atoms with Crippen LogP contribution in [0.2, 0.25) is 0 Å². The van der Waals surface area contributed by atoms with Gasteiger partial charge >= 0.3 is 0 Å². The van der Waals surface area contributed by atoms with Crippen LogP contribution in [0.4, 0.5) is 4.39 Å². The fraction of sp³-hybridized carbons (Fsp3) is 0.600. The average molecular weight is 316 g/mol. The molecule has 0 amide bonds. The molecule has 0 saturated heterocycles. The van der Waals surface area contributed by atoms with Crippen LogP contribution in [0.1, 0.15) is 33.3 Å². The minimum absolute atomic E-state index is 0.167. The SMILES string of the molecule is CC(C)NCC(C)C(C)Cc1cc(F)cc(Br)c1. The van der Waals surface area contributed by atoms with Gasteiger partial charge in [-0.1, -0.05) is 43.6 Å². The van der Waals surface area contributed by atoms with Crippen molar-refractivity contribution in [2.45, 2.75) is 40.2 Å². The average Bonchev–Trinajstić information content (AvgIpc) is 2.24. The summed E-state index contributed by atoms with van der Waals surface area (Å²) in [5.41, 5.74) is 1.06. The predicted molar refractivity (Wildman–Crippen MR) is 79.3 cm³/mol. The van der Waals surface area contributed by atoms with Crippen molar-refractivity contribution in [2.24, 2.45) is 11.8 Å². The van der Waals surface area contributed by atoms with Gasteiger partial charge in [0.05, 0.1) is 0 Å². The Hall–Kier alpha value is -0.410. The normalized spacial score (nSPS) is 14.8. The molecule has 0 spiro atoms. The topological polar surface area (TPSA) is 12.0 Å². The molecule has 1 aromatic carbocycles. The van der Waals surface area contributed by atoms with Gasteiger partial charge in [0.25, 0.3) is 0 Å². The molecule has 0 aliphatic rings. The van der Waals surface area contributed by atoms with Crippen molar-refractivity contribution in [1.82, 2.24) is 5.32 Å². The lowest BCUT2D eigenvalue weighted by Gasteiger charge is -2.22. The van der Waals surface area contributed by atoms with E-state index in [2.05, 4.69) is 48.9 Å². The Morgan fingerprint density at radius 3 is 2.33 bits per heavy atom. The van der Waals surface area contributed by atoms with Crippen LogP contribution >= 0.6 is 15.9 Å². The molecule has 1 nitrogen and oxygen atoms in total. The van der Waals surface area contributed by atoms with Crippen molar-refractivity contribution >= 4 is 15.9 Å². The number of hydrogen-bond donors (Lipinski definition) is 1. The lowest BCUT2D eigenvalue weighted by atomic mass is 9.89. The molecule has 3 heteroatoms. The van der Waals surface area contributed by atoms with Crippen LogP contribution in [0.3, 0.4) is 0 Å². The third-order valence-electron chi connectivity index (χ3n) is 3.30. The highest BCUT2D eigenvalue weighted by Gasteiger charge is 2.13. The Balaban J connectivity index is 2.55. The molecule has 0 aliphatic carbocycles. The second-order valence-corrected chi connectivity index (χ2v) is 6.42. The zero-order valence-corrected chi connectivity index (χ0v) is 13.2. The third kappa shape index (κ3) is 5.49. The van der Waals surface area contributed by atoms with Crippen molar-refractivity contribution in [3.63, 3.8) is 0 Å². The molecule has 0 fully saturated rings. The van der Waals surface area contributed by atoms with Gasteiger partial charge in [-0.15, -0.1) is 0 Å². The van der Waals surface area contributed by atoms with Gasteiger partial charge in [0.15, 0.2) is 0 Å². The molecular weight excluding hydrogens is 293 g/mol. The fourth-order valence-electron chi connectivity index (χ4n) is 1.92. The Morgan fingerprint density at radius 1 is 1.11 bits per heavy atom. The van der Waals surface area contributed by atoms with Crippen LogP contribution in [-0.4, -0.2) is 12.6 Å². The highest BCUT2D eigenvalue weighted by molar-refractivity contribution is 9.10. The minimum atomic E-state index is -0.167. The van der Waals surface area contributed by atoms with Crippen LogP contribution in [0, 0.1) is 17.7 Å². The third-order valence-corrected chi connectivity index (χ3v) is 3.76. The van der Waals surface area contributed by atoms with E-state index in [4.69, 9.17) is 0 Å². The quantitative estimate of drug-likeness (QED) is 0.820. The van der Waals surface area contributed by atoms with Crippen LogP contribution < -0.4 is 5.32 Å². The van der Waals surface area contributed by atoms with E-state index in [-0.39, 0.29) is 5.82 Å². The highest BCUT2D eigenvalue weighted by atomic mass is 79.9. The summed E-state index contributed by atoms with van der Waals surface area (Å²) in [5.74, 6) is 0.943. The smallest absolute Gasteiger partial charge is 0.124 e. The largest absolute Gasteiger partial charge is 0.314 e. The maximum atomic E-state index is 13.3. The van der Waals surface area contributed by atoms with Crippen LogP contribution in [0.25, 0.3) is 0 Å². The van der Waals surface area contributed by atoms with Gasteiger partial charge in [-0.25, -0.2) is 4.39 Å². The standard InChI is InChI=1S/C15H23BrFN/c1-10(2)18-9-12(4)11(3)5-13-6-14(16)8-15(17)7-13/h6-8,10-12,18H,5,9H2,1-4H3. The zero-order chi connectivity index (χ0) is 13.7. The summed E-state index contributed by atoms with van der Waals surface area (Å²) >= 11 is 3.34. The molecule has 2 unspecified atom stereocenters. The molecule has 0 heterocycles. The number of benzene rings is 1. The van der Waals surface area contributed by atoms with Gasteiger partial charge in [-0.05, 0) is 48.6 Å². The Morgan fingerprint density at radius 2 is 1.78 bits per heavy atom. The van der Waals surface area contributed by atoms with E-state index < -0.39 is 0 Å². The van der Waals surface area contributed by atoms with Gasteiger partial charge in [-0.2, -0.15) is 0 Å². The zero-order valence-electron chi connectivity index (χ0n) is 11.6. The summed E-state index contributed by atoms with van der Waals surface area (Å²) in [7, 11) is 0. The molecule has 2 atom stereocenters. The molecule has 1 N–H and O–H groups in total. The summed E-state index contributed by atoms with van der Waals surface area (Å²) in [4.78, 5) is 0. The first-order valence-corrected chi connectivity index (χ1v) is 7.36. The minimum Gasteiger partial charge on any atom is -0.314 e. The lowest BCUT2D eigenvalue weighted by molar-refractivity contribution is 0.354. The molecule has 1 aromatic rings. The molecule has 0 aliphatic heterocycles. The molecule has 1 rings (SSSR count). The summed E-state index contributed by atoms with van der Waals surface area (Å²) < 4.78 is 14.1. The predicted octanol–water partition coefficient (Wildman–Crippen LogP) is 4.40. The van der Waals surface area contributed by atoms with Crippen molar-refractivity contribution in [2.75, 3.05) is 6.54 Å². The first kappa shape index (κ1) is 15.6. The summed E-state index contributed by atoms with van der Waals surface area (Å²) in [6, 6.07) is 5.65. The number of rotatable bonds is 6. The molecule has 0 bridgehead atoms. The summed E-state index contributed by atoms with van der Waals surface area (Å²) in [5, 5.41) is 3.45. The Bertz CT molecular complexity index is 359. The van der Waals surface area contributed by atoms with Gasteiger partial charge in [0.2, 0.25) is 0 Å². The summed E-state index contributed by atoms with van der Waals surface area (Å²) in [6.07, 6.45) is 0.914. The van der Waals surface area contributed by atoms with E-state index in [0.717, 1.165) is 23.0 Å². The Labute approximate surface area is 118 Å². The maximum absolute atomic E-state index is 13.3. The lowest BCUT2D eigenvalue weighted by Crippen LogP contribution is -2.31. The first-order chi connectivity index (χ1) is 8.38. The van der Waals surface area contributed by atoms with E-state index in [1.165, 1.54) is 6.07 Å². The van der Waals surface area contributed by atoms with E-state index in [1.807, 2.05) is 6.07 Å². The number of hydrogen-bond acceptors (Lipinski definition) is 1. The fourth-order valence-corrected chi connectivity index (χ4v) is 2.44. The Kier molecular flexibility index (Phi) is 6.30. The van der Waals surface area contributed by atoms with Crippen molar-refractivity contribution in [3.05, 3.63) is 34.1 Å². The highest BCUT2D eigenvalue weighted by Crippen LogP contribution is 2.21. The van der Waals surface area contributed by atoms with E-state index in [0.29, 0.717) is 17.9 Å². The molecular formula is C15H23BrFN. The maximum Gasteiger partial charge on any atom is 0.124 e. The van der Waals surface area contributed by atoms with Gasteiger partial charge in [0, 0.05) is 10.5 Å². The first-order valence-electron chi connectivity index (χ1n) is 6.57. The van der Waals surface area contributed by atoms with Crippen LogP contribution in [0.5, 0.6) is 0 Å². The molecule has 18 heavy (non-hydrogen) atoms. The van der Waals surface area contributed by atoms with E-state index in [1.54, 1.807) is 6.07 Å². The van der Waals surface area contributed by atoms with Gasteiger partial charge < -0.3 is 5.32 Å². The second-order valence-electron chi connectivity index (χ2n) is 5.50. The van der Waals surface area contributed by atoms with Crippen molar-refractivity contribution < 1.29 is 4.39 Å². The summed E-state index contributed by atoms with van der Waals surface area (Å²) in [6.45, 7) is 9.79. The van der Waals surface area contributed by atoms with Crippen molar-refractivity contribution in [3.8, 4) is 0 Å². The number of halogens is 2. The van der Waals surface area contributed by atoms with Gasteiger partial charge in [0.1, 0.15) is 5.82 Å². The molecule has 102 valence electrons. The van der Waals surface area contributed by atoms with E-state index in [9.17, 15) is 4.39 Å². The number of nitrogens with one attached hydrogen (secondary N) is 1.